The zero-order valence-electron chi connectivity index (χ0n) is 23.9. The second-order valence-corrected chi connectivity index (χ2v) is 13.8. The van der Waals surface area contributed by atoms with E-state index in [9.17, 15) is 18.0 Å². The Morgan fingerprint density at radius 2 is 1.57 bits per heavy atom. The van der Waals surface area contributed by atoms with E-state index >= 15 is 0 Å². The molecule has 40 heavy (non-hydrogen) atoms. The molecule has 0 aliphatic carbocycles. The zero-order chi connectivity index (χ0) is 29.7. The highest BCUT2D eigenvalue weighted by Crippen LogP contribution is 2.27. The maximum atomic E-state index is 14.1. The Kier molecular flexibility index (Phi) is 10.2. The van der Waals surface area contributed by atoms with Gasteiger partial charge in [-0.2, -0.15) is 0 Å². The molecule has 3 rings (SSSR count). The Morgan fingerprint density at radius 3 is 2.15 bits per heavy atom. The molecule has 3 aromatic carbocycles. The van der Waals surface area contributed by atoms with Gasteiger partial charge < -0.3 is 10.2 Å². The largest absolute Gasteiger partial charge is 0.350 e. The van der Waals surface area contributed by atoms with Gasteiger partial charge in [0.05, 0.1) is 10.6 Å². The predicted octanol–water partition coefficient (Wildman–Crippen LogP) is 5.98. The number of hydrogen-bond donors (Lipinski definition) is 1. The third-order valence-electron chi connectivity index (χ3n) is 6.30. The highest BCUT2D eigenvalue weighted by Gasteiger charge is 2.34. The Balaban J connectivity index is 2.08. The molecule has 0 saturated heterocycles. The molecule has 0 bridgehead atoms. The molecule has 214 valence electrons. The van der Waals surface area contributed by atoms with Gasteiger partial charge in [-0.05, 0) is 76.9 Å². The Hall–Kier alpha value is -3.17. The second kappa shape index (κ2) is 13.0. The number of rotatable bonds is 10. The average Bonchev–Trinajstić information content (AvgIpc) is 2.86. The van der Waals surface area contributed by atoms with Gasteiger partial charge in [-0.3, -0.25) is 13.9 Å². The topological polar surface area (TPSA) is 86.8 Å². The third-order valence-corrected chi connectivity index (χ3v) is 8.58. The van der Waals surface area contributed by atoms with Crippen LogP contribution in [0.4, 0.5) is 5.69 Å². The minimum absolute atomic E-state index is 0.0774. The highest BCUT2D eigenvalue weighted by molar-refractivity contribution is 9.10. The predicted molar refractivity (Wildman–Crippen MR) is 164 cm³/mol. The number of sulfonamides is 1. The van der Waals surface area contributed by atoms with Crippen LogP contribution in [0, 0.1) is 13.8 Å². The number of carbonyl (C=O) groups is 2. The van der Waals surface area contributed by atoms with Crippen LogP contribution >= 0.6 is 15.9 Å². The number of aryl methyl sites for hydroxylation is 2. The normalized spacial score (nSPS) is 12.5. The van der Waals surface area contributed by atoms with Gasteiger partial charge in [0.25, 0.3) is 10.0 Å². The number of nitrogens with one attached hydrogen (secondary N) is 1. The summed E-state index contributed by atoms with van der Waals surface area (Å²) in [5.74, 6) is -0.764. The number of hydrogen-bond acceptors (Lipinski definition) is 4. The Labute approximate surface area is 246 Å². The van der Waals surface area contributed by atoms with Gasteiger partial charge in [-0.25, -0.2) is 8.42 Å². The summed E-state index contributed by atoms with van der Waals surface area (Å²) >= 11 is 3.42. The molecular formula is C31H38BrN3O4S. The number of anilines is 1. The van der Waals surface area contributed by atoms with Crippen LogP contribution in [0.5, 0.6) is 0 Å². The maximum absolute atomic E-state index is 14.1. The van der Waals surface area contributed by atoms with Crippen LogP contribution < -0.4 is 9.62 Å². The summed E-state index contributed by atoms with van der Waals surface area (Å²) in [6, 6.07) is 20.3. The lowest BCUT2D eigenvalue weighted by molar-refractivity contribution is -0.141. The fourth-order valence-corrected chi connectivity index (χ4v) is 6.17. The van der Waals surface area contributed by atoms with Crippen LogP contribution in [0.25, 0.3) is 0 Å². The summed E-state index contributed by atoms with van der Waals surface area (Å²) in [5.41, 5.74) is 2.63. The van der Waals surface area contributed by atoms with Crippen molar-refractivity contribution >= 4 is 43.5 Å². The summed E-state index contributed by atoms with van der Waals surface area (Å²) in [6.45, 7) is 11.0. The number of halogens is 1. The fraction of sp³-hybridized carbons (Fsp3) is 0.355. The number of carbonyl (C=O) groups excluding carboxylic acids is 2. The van der Waals surface area contributed by atoms with E-state index in [0.29, 0.717) is 16.6 Å². The second-order valence-electron chi connectivity index (χ2n) is 11.0. The number of nitrogens with zero attached hydrogens (tertiary/aromatic N) is 2. The van der Waals surface area contributed by atoms with E-state index in [4.69, 9.17) is 0 Å². The lowest BCUT2D eigenvalue weighted by Gasteiger charge is -2.35. The maximum Gasteiger partial charge on any atom is 0.264 e. The van der Waals surface area contributed by atoms with Crippen molar-refractivity contribution in [2.45, 2.75) is 71.0 Å². The molecule has 0 aliphatic rings. The molecule has 0 aromatic heterocycles. The van der Waals surface area contributed by atoms with Crippen LogP contribution in [0.15, 0.2) is 82.2 Å². The SMILES string of the molecule is CCC(C(=O)NC(C)(C)C)N(Cc1cccc(C)c1)C(=O)CN(c1cccc(Br)c1)S(=O)(=O)c1ccc(C)cc1. The van der Waals surface area contributed by atoms with Gasteiger partial charge in [-0.15, -0.1) is 0 Å². The summed E-state index contributed by atoms with van der Waals surface area (Å²) in [4.78, 5) is 29.1. The third kappa shape index (κ3) is 8.17. The number of amides is 2. The van der Waals surface area contributed by atoms with E-state index in [0.717, 1.165) is 21.0 Å². The molecule has 0 radical (unpaired) electrons. The lowest BCUT2D eigenvalue weighted by Crippen LogP contribution is -2.55. The van der Waals surface area contributed by atoms with E-state index in [1.807, 2.05) is 65.8 Å². The van der Waals surface area contributed by atoms with Crippen molar-refractivity contribution in [2.75, 3.05) is 10.8 Å². The molecule has 7 nitrogen and oxygen atoms in total. The molecule has 1 atom stereocenters. The molecule has 0 fully saturated rings. The van der Waals surface area contributed by atoms with E-state index in [1.165, 1.54) is 17.0 Å². The van der Waals surface area contributed by atoms with Crippen LogP contribution in [0.2, 0.25) is 0 Å². The van der Waals surface area contributed by atoms with E-state index in [-0.39, 0.29) is 17.3 Å². The minimum Gasteiger partial charge on any atom is -0.350 e. The molecular weight excluding hydrogens is 590 g/mol. The van der Waals surface area contributed by atoms with Crippen molar-refractivity contribution < 1.29 is 18.0 Å². The Morgan fingerprint density at radius 1 is 0.925 bits per heavy atom. The van der Waals surface area contributed by atoms with Crippen molar-refractivity contribution in [1.29, 1.82) is 0 Å². The van der Waals surface area contributed by atoms with Gasteiger partial charge in [0.1, 0.15) is 12.6 Å². The van der Waals surface area contributed by atoms with Gasteiger partial charge in [0.15, 0.2) is 0 Å². The monoisotopic (exact) mass is 627 g/mol. The minimum atomic E-state index is -4.11. The van der Waals surface area contributed by atoms with Crippen LogP contribution in [-0.4, -0.2) is 43.3 Å². The van der Waals surface area contributed by atoms with Crippen LogP contribution in [0.1, 0.15) is 50.8 Å². The van der Waals surface area contributed by atoms with Crippen molar-refractivity contribution in [3.8, 4) is 0 Å². The van der Waals surface area contributed by atoms with Crippen molar-refractivity contribution in [3.05, 3.63) is 94.0 Å². The van der Waals surface area contributed by atoms with Gasteiger partial charge in [-0.1, -0.05) is 76.4 Å². The fourth-order valence-electron chi connectivity index (χ4n) is 4.38. The highest BCUT2D eigenvalue weighted by atomic mass is 79.9. The summed E-state index contributed by atoms with van der Waals surface area (Å²) in [5, 5.41) is 2.99. The molecule has 0 saturated carbocycles. The van der Waals surface area contributed by atoms with Crippen molar-refractivity contribution in [3.63, 3.8) is 0 Å². The van der Waals surface area contributed by atoms with E-state index in [2.05, 4.69) is 21.2 Å². The summed E-state index contributed by atoms with van der Waals surface area (Å²) in [7, 11) is -4.11. The molecule has 1 unspecified atom stereocenters. The molecule has 0 heterocycles. The van der Waals surface area contributed by atoms with Crippen LogP contribution in [-0.2, 0) is 26.2 Å². The smallest absolute Gasteiger partial charge is 0.264 e. The molecule has 0 aliphatic heterocycles. The standard InChI is InChI=1S/C31H38BrN3O4S/c1-7-28(30(37)33-31(4,5)6)34(20-24-11-8-10-23(3)18-24)29(36)21-35(26-13-9-12-25(32)19-26)40(38,39)27-16-14-22(2)15-17-27/h8-19,28H,7,20-21H2,1-6H3,(H,33,37). The van der Waals surface area contributed by atoms with Gasteiger partial charge in [0, 0.05) is 16.6 Å². The first-order chi connectivity index (χ1) is 18.7. The molecule has 1 N–H and O–H groups in total. The Bertz CT molecular complexity index is 1450. The van der Waals surface area contributed by atoms with Crippen molar-refractivity contribution in [1.82, 2.24) is 10.2 Å². The first-order valence-electron chi connectivity index (χ1n) is 13.2. The summed E-state index contributed by atoms with van der Waals surface area (Å²) in [6.07, 6.45) is 0.362. The van der Waals surface area contributed by atoms with Gasteiger partial charge in [0.2, 0.25) is 11.8 Å². The van der Waals surface area contributed by atoms with Crippen LogP contribution in [0.3, 0.4) is 0 Å². The average molecular weight is 629 g/mol. The first-order valence-corrected chi connectivity index (χ1v) is 15.5. The zero-order valence-corrected chi connectivity index (χ0v) is 26.3. The molecule has 2 amide bonds. The van der Waals surface area contributed by atoms with E-state index in [1.54, 1.807) is 36.4 Å². The first kappa shape index (κ1) is 31.4. The van der Waals surface area contributed by atoms with Crippen molar-refractivity contribution in [2.24, 2.45) is 0 Å². The number of benzene rings is 3. The molecule has 3 aromatic rings. The molecule has 0 spiro atoms. The molecule has 9 heteroatoms. The summed E-state index contributed by atoms with van der Waals surface area (Å²) < 4.78 is 29.7. The van der Waals surface area contributed by atoms with E-state index < -0.39 is 34.1 Å². The quantitative estimate of drug-likeness (QED) is 0.299. The van der Waals surface area contributed by atoms with Gasteiger partial charge >= 0.3 is 0 Å². The lowest BCUT2D eigenvalue weighted by atomic mass is 10.0.